The summed E-state index contributed by atoms with van der Waals surface area (Å²) in [5, 5.41) is 3.53. The van der Waals surface area contributed by atoms with Crippen LogP contribution in [0.4, 0.5) is 0 Å². The zero-order valence-electron chi connectivity index (χ0n) is 9.61. The molecule has 3 heteroatoms. The van der Waals surface area contributed by atoms with E-state index in [0.29, 0.717) is 6.04 Å². The van der Waals surface area contributed by atoms with Crippen molar-refractivity contribution in [2.45, 2.75) is 32.4 Å². The van der Waals surface area contributed by atoms with E-state index in [-0.39, 0.29) is 0 Å². The first-order valence-corrected chi connectivity index (χ1v) is 6.08. The van der Waals surface area contributed by atoms with E-state index in [1.54, 1.807) is 0 Å². The lowest BCUT2D eigenvalue weighted by Gasteiger charge is -2.12. The highest BCUT2D eigenvalue weighted by atomic mass is 15.1. The van der Waals surface area contributed by atoms with Crippen LogP contribution in [0.3, 0.4) is 0 Å². The fourth-order valence-corrected chi connectivity index (χ4v) is 2.60. The summed E-state index contributed by atoms with van der Waals surface area (Å²) >= 11 is 0. The van der Waals surface area contributed by atoms with Crippen LogP contribution in [-0.2, 0) is 6.54 Å². The van der Waals surface area contributed by atoms with Crippen molar-refractivity contribution < 1.29 is 0 Å². The third-order valence-corrected chi connectivity index (χ3v) is 3.37. The van der Waals surface area contributed by atoms with Gasteiger partial charge in [0.25, 0.3) is 0 Å². The van der Waals surface area contributed by atoms with Crippen LogP contribution < -0.4 is 5.32 Å². The van der Waals surface area contributed by atoms with Crippen LogP contribution >= 0.6 is 0 Å². The summed E-state index contributed by atoms with van der Waals surface area (Å²) < 4.78 is 2.33. The molecule has 2 aromatic rings. The fourth-order valence-electron chi connectivity index (χ4n) is 2.60. The standard InChI is InChI=1S/C13H17N3/c1-2-16-12-8-4-3-6-10(12)15-13(16)11-7-5-9-14-11/h3-4,6,8,11,14H,2,5,7,9H2,1H3/t11-/m1/s1. The third-order valence-electron chi connectivity index (χ3n) is 3.37. The minimum absolute atomic E-state index is 0.451. The number of hydrogen-bond acceptors (Lipinski definition) is 2. The first-order chi connectivity index (χ1) is 7.90. The first kappa shape index (κ1) is 9.85. The summed E-state index contributed by atoms with van der Waals surface area (Å²) in [5.41, 5.74) is 2.38. The van der Waals surface area contributed by atoms with E-state index < -0.39 is 0 Å². The highest BCUT2D eigenvalue weighted by Gasteiger charge is 2.22. The van der Waals surface area contributed by atoms with Crippen molar-refractivity contribution in [3.05, 3.63) is 30.1 Å². The summed E-state index contributed by atoms with van der Waals surface area (Å²) in [7, 11) is 0. The van der Waals surface area contributed by atoms with Gasteiger partial charge in [0.1, 0.15) is 5.82 Å². The maximum Gasteiger partial charge on any atom is 0.127 e. The van der Waals surface area contributed by atoms with Crippen molar-refractivity contribution in [3.63, 3.8) is 0 Å². The van der Waals surface area contributed by atoms with Crippen molar-refractivity contribution >= 4 is 11.0 Å². The average molecular weight is 215 g/mol. The highest BCUT2D eigenvalue weighted by Crippen LogP contribution is 2.26. The molecular weight excluding hydrogens is 198 g/mol. The Balaban J connectivity index is 2.15. The molecule has 1 aromatic carbocycles. The average Bonchev–Trinajstić information content (AvgIpc) is 2.95. The highest BCUT2D eigenvalue weighted by molar-refractivity contribution is 5.76. The zero-order chi connectivity index (χ0) is 11.0. The summed E-state index contributed by atoms with van der Waals surface area (Å²) in [6.45, 7) is 4.30. The van der Waals surface area contributed by atoms with Crippen LogP contribution in [0.2, 0.25) is 0 Å². The van der Waals surface area contributed by atoms with Gasteiger partial charge in [0, 0.05) is 6.54 Å². The molecule has 1 N–H and O–H groups in total. The first-order valence-electron chi connectivity index (χ1n) is 6.08. The quantitative estimate of drug-likeness (QED) is 0.834. The number of rotatable bonds is 2. The van der Waals surface area contributed by atoms with E-state index in [4.69, 9.17) is 4.98 Å². The van der Waals surface area contributed by atoms with Gasteiger partial charge in [-0.2, -0.15) is 0 Å². The molecule has 0 amide bonds. The Kier molecular flexibility index (Phi) is 2.40. The van der Waals surface area contributed by atoms with E-state index in [1.165, 1.54) is 24.2 Å². The number of para-hydroxylation sites is 2. The molecule has 0 aliphatic carbocycles. The lowest BCUT2D eigenvalue weighted by molar-refractivity contribution is 0.565. The van der Waals surface area contributed by atoms with Crippen molar-refractivity contribution in [2.24, 2.45) is 0 Å². The number of nitrogens with one attached hydrogen (secondary N) is 1. The van der Waals surface area contributed by atoms with Crippen LogP contribution in [0.1, 0.15) is 31.6 Å². The second-order valence-electron chi connectivity index (χ2n) is 4.35. The van der Waals surface area contributed by atoms with Gasteiger partial charge in [0.05, 0.1) is 17.1 Å². The van der Waals surface area contributed by atoms with Crippen LogP contribution in [0.5, 0.6) is 0 Å². The van der Waals surface area contributed by atoms with Crippen molar-refractivity contribution in [1.29, 1.82) is 0 Å². The predicted molar refractivity (Wildman–Crippen MR) is 65.4 cm³/mol. The van der Waals surface area contributed by atoms with Crippen LogP contribution in [-0.4, -0.2) is 16.1 Å². The molecule has 0 bridgehead atoms. The number of nitrogens with zero attached hydrogens (tertiary/aromatic N) is 2. The number of hydrogen-bond donors (Lipinski definition) is 1. The van der Waals surface area contributed by atoms with E-state index in [1.807, 2.05) is 0 Å². The maximum absolute atomic E-state index is 4.77. The smallest absolute Gasteiger partial charge is 0.127 e. The zero-order valence-corrected chi connectivity index (χ0v) is 9.61. The molecule has 1 saturated heterocycles. The van der Waals surface area contributed by atoms with E-state index in [9.17, 15) is 0 Å². The van der Waals surface area contributed by atoms with Gasteiger partial charge in [-0.25, -0.2) is 4.98 Å². The number of imidazole rings is 1. The van der Waals surface area contributed by atoms with E-state index in [0.717, 1.165) is 18.6 Å². The van der Waals surface area contributed by atoms with E-state index in [2.05, 4.69) is 41.1 Å². The Morgan fingerprint density at radius 1 is 1.44 bits per heavy atom. The number of aromatic nitrogens is 2. The third kappa shape index (κ3) is 1.43. The van der Waals surface area contributed by atoms with Gasteiger partial charge < -0.3 is 9.88 Å². The molecule has 0 unspecified atom stereocenters. The minimum atomic E-state index is 0.451. The topological polar surface area (TPSA) is 29.9 Å². The lowest BCUT2D eigenvalue weighted by atomic mass is 10.2. The fraction of sp³-hybridized carbons (Fsp3) is 0.462. The van der Waals surface area contributed by atoms with Gasteiger partial charge in [-0.3, -0.25) is 0 Å². The molecule has 0 saturated carbocycles. The molecule has 0 radical (unpaired) electrons. The molecule has 3 rings (SSSR count). The molecular formula is C13H17N3. The summed E-state index contributed by atoms with van der Waals surface area (Å²) in [6, 6.07) is 8.85. The second-order valence-corrected chi connectivity index (χ2v) is 4.35. The van der Waals surface area contributed by atoms with Gasteiger partial charge in [0.2, 0.25) is 0 Å². The SMILES string of the molecule is CCn1c([C@H]2CCCN2)nc2ccccc21. The van der Waals surface area contributed by atoms with Crippen molar-refractivity contribution in [2.75, 3.05) is 6.54 Å². The summed E-state index contributed by atoms with van der Waals surface area (Å²) in [5.74, 6) is 1.21. The molecule has 1 aliphatic heterocycles. The van der Waals surface area contributed by atoms with Crippen LogP contribution in [0, 0.1) is 0 Å². The summed E-state index contributed by atoms with van der Waals surface area (Å²) in [4.78, 5) is 4.77. The minimum Gasteiger partial charge on any atom is -0.327 e. The Morgan fingerprint density at radius 2 is 2.31 bits per heavy atom. The van der Waals surface area contributed by atoms with Gasteiger partial charge in [-0.05, 0) is 38.4 Å². The molecule has 3 nitrogen and oxygen atoms in total. The van der Waals surface area contributed by atoms with Crippen molar-refractivity contribution in [1.82, 2.24) is 14.9 Å². The van der Waals surface area contributed by atoms with Crippen LogP contribution in [0.25, 0.3) is 11.0 Å². The molecule has 84 valence electrons. The Hall–Kier alpha value is -1.35. The lowest BCUT2D eigenvalue weighted by Crippen LogP contribution is -2.17. The molecule has 1 atom stereocenters. The molecule has 2 heterocycles. The molecule has 1 aromatic heterocycles. The Labute approximate surface area is 95.5 Å². The molecule has 0 spiro atoms. The summed E-state index contributed by atoms with van der Waals surface area (Å²) in [6.07, 6.45) is 2.47. The van der Waals surface area contributed by atoms with Gasteiger partial charge in [-0.15, -0.1) is 0 Å². The Bertz CT molecular complexity index is 495. The largest absolute Gasteiger partial charge is 0.327 e. The molecule has 16 heavy (non-hydrogen) atoms. The monoisotopic (exact) mass is 215 g/mol. The molecule has 1 aliphatic rings. The van der Waals surface area contributed by atoms with Crippen molar-refractivity contribution in [3.8, 4) is 0 Å². The second kappa shape index (κ2) is 3.91. The number of fused-ring (bicyclic) bond motifs is 1. The van der Waals surface area contributed by atoms with E-state index >= 15 is 0 Å². The number of benzene rings is 1. The predicted octanol–water partition coefficient (Wildman–Crippen LogP) is 2.48. The normalized spacial score (nSPS) is 20.7. The maximum atomic E-state index is 4.77. The van der Waals surface area contributed by atoms with Gasteiger partial charge >= 0.3 is 0 Å². The van der Waals surface area contributed by atoms with Gasteiger partial charge in [0.15, 0.2) is 0 Å². The molecule has 1 fully saturated rings. The Morgan fingerprint density at radius 3 is 3.06 bits per heavy atom. The number of aryl methyl sites for hydroxylation is 1. The van der Waals surface area contributed by atoms with Crippen LogP contribution in [0.15, 0.2) is 24.3 Å². The van der Waals surface area contributed by atoms with Gasteiger partial charge in [-0.1, -0.05) is 12.1 Å².